The number of hydrogen-bond donors (Lipinski definition) is 1. The summed E-state index contributed by atoms with van der Waals surface area (Å²) < 4.78 is 5.19. The molecule has 0 fully saturated rings. The summed E-state index contributed by atoms with van der Waals surface area (Å²) in [4.78, 5) is 15.6. The molecule has 0 atom stereocenters. The molecule has 29 heavy (non-hydrogen) atoms. The van der Waals surface area contributed by atoms with Gasteiger partial charge in [-0.3, -0.25) is 0 Å². The highest BCUT2D eigenvalue weighted by atomic mass is 35.5. The van der Waals surface area contributed by atoms with E-state index in [9.17, 15) is 4.79 Å². The van der Waals surface area contributed by atoms with Crippen LogP contribution in [0, 0.1) is 0 Å². The highest BCUT2D eigenvalue weighted by Gasteiger charge is 2.19. The number of hydrogen-bond acceptors (Lipinski definition) is 4. The number of benzene rings is 3. The van der Waals surface area contributed by atoms with Crippen LogP contribution in [0.25, 0.3) is 22.0 Å². The molecule has 5 nitrogen and oxygen atoms in total. The summed E-state index contributed by atoms with van der Waals surface area (Å²) in [6.45, 7) is 2.04. The van der Waals surface area contributed by atoms with Crippen LogP contribution in [-0.2, 0) is 4.74 Å². The Kier molecular flexibility index (Phi) is 5.40. The molecule has 0 spiro atoms. The first-order valence-electron chi connectivity index (χ1n) is 9.21. The minimum Gasteiger partial charge on any atom is -0.461 e. The molecule has 0 amide bonds. The zero-order valence-electron chi connectivity index (χ0n) is 15.7. The van der Waals surface area contributed by atoms with Crippen molar-refractivity contribution in [2.75, 3.05) is 6.61 Å². The Balaban J connectivity index is 1.82. The second-order valence-electron chi connectivity index (χ2n) is 6.38. The molecule has 1 aromatic heterocycles. The standard InChI is InChI=1S/C23H18ClN3O2/c1-2-29-23(28)22-21(27-26-18-9-4-3-5-10-18)19-12-11-16(14-20(19)25-22)15-7-6-8-17(24)13-15/h3-14,25H,2H2,1H3. The number of carbonyl (C=O) groups excluding carboxylic acids is 1. The van der Waals surface area contributed by atoms with Crippen LogP contribution in [0.2, 0.25) is 5.02 Å². The van der Waals surface area contributed by atoms with Crippen molar-refractivity contribution in [1.29, 1.82) is 0 Å². The third-order valence-electron chi connectivity index (χ3n) is 4.43. The molecule has 144 valence electrons. The van der Waals surface area contributed by atoms with Crippen LogP contribution in [0.1, 0.15) is 17.4 Å². The lowest BCUT2D eigenvalue weighted by molar-refractivity contribution is 0.0521. The van der Waals surface area contributed by atoms with Gasteiger partial charge in [0, 0.05) is 15.9 Å². The number of rotatable bonds is 5. The van der Waals surface area contributed by atoms with Crippen LogP contribution < -0.4 is 0 Å². The first-order valence-corrected chi connectivity index (χ1v) is 9.59. The normalized spacial score (nSPS) is 11.2. The summed E-state index contributed by atoms with van der Waals surface area (Å²) in [5, 5.41) is 10.1. The van der Waals surface area contributed by atoms with Gasteiger partial charge in [-0.15, -0.1) is 5.11 Å². The van der Waals surface area contributed by atoms with E-state index >= 15 is 0 Å². The Hall–Kier alpha value is -3.44. The smallest absolute Gasteiger partial charge is 0.357 e. The largest absolute Gasteiger partial charge is 0.461 e. The van der Waals surface area contributed by atoms with Gasteiger partial charge in [0.25, 0.3) is 0 Å². The van der Waals surface area contributed by atoms with Gasteiger partial charge in [-0.1, -0.05) is 48.0 Å². The average molecular weight is 404 g/mol. The zero-order chi connectivity index (χ0) is 20.2. The van der Waals surface area contributed by atoms with Crippen molar-refractivity contribution in [3.63, 3.8) is 0 Å². The van der Waals surface area contributed by atoms with E-state index in [-0.39, 0.29) is 12.3 Å². The van der Waals surface area contributed by atoms with E-state index in [0.29, 0.717) is 16.4 Å². The van der Waals surface area contributed by atoms with E-state index in [1.807, 2.05) is 72.8 Å². The third-order valence-corrected chi connectivity index (χ3v) is 4.67. The fraction of sp³-hybridized carbons (Fsp3) is 0.0870. The molecular formula is C23H18ClN3O2. The van der Waals surface area contributed by atoms with Crippen molar-refractivity contribution in [2.24, 2.45) is 10.2 Å². The van der Waals surface area contributed by atoms with E-state index in [4.69, 9.17) is 16.3 Å². The third kappa shape index (κ3) is 4.05. The van der Waals surface area contributed by atoms with Crippen LogP contribution >= 0.6 is 11.6 Å². The van der Waals surface area contributed by atoms with Crippen molar-refractivity contribution in [3.8, 4) is 11.1 Å². The molecule has 0 aliphatic carbocycles. The molecule has 6 heteroatoms. The number of nitrogens with zero attached hydrogens (tertiary/aromatic N) is 2. The molecule has 0 aliphatic heterocycles. The van der Waals surface area contributed by atoms with Crippen molar-refractivity contribution in [1.82, 2.24) is 4.98 Å². The number of esters is 1. The number of aromatic nitrogens is 1. The summed E-state index contributed by atoms with van der Waals surface area (Å²) in [5.41, 5.74) is 4.17. The van der Waals surface area contributed by atoms with Crippen LogP contribution in [0.4, 0.5) is 11.4 Å². The molecule has 0 bridgehead atoms. The molecule has 0 unspecified atom stereocenters. The predicted octanol–water partition coefficient (Wildman–Crippen LogP) is 7.08. The van der Waals surface area contributed by atoms with Crippen LogP contribution in [0.15, 0.2) is 83.0 Å². The summed E-state index contributed by atoms with van der Waals surface area (Å²) in [7, 11) is 0. The highest BCUT2D eigenvalue weighted by Crippen LogP contribution is 2.35. The average Bonchev–Trinajstić information content (AvgIpc) is 3.11. The summed E-state index contributed by atoms with van der Waals surface area (Å²) >= 11 is 6.12. The minimum atomic E-state index is -0.463. The Bertz CT molecular complexity index is 1200. The lowest BCUT2D eigenvalue weighted by Crippen LogP contribution is -2.05. The molecule has 4 rings (SSSR count). The number of halogens is 1. The number of aromatic amines is 1. The maximum absolute atomic E-state index is 12.5. The Labute approximate surface area is 173 Å². The lowest BCUT2D eigenvalue weighted by atomic mass is 10.0. The van der Waals surface area contributed by atoms with Crippen molar-refractivity contribution < 1.29 is 9.53 Å². The summed E-state index contributed by atoms with van der Waals surface area (Å²) in [6, 6.07) is 22.8. The quantitative estimate of drug-likeness (QED) is 0.285. The minimum absolute atomic E-state index is 0.275. The maximum Gasteiger partial charge on any atom is 0.357 e. The van der Waals surface area contributed by atoms with Crippen molar-refractivity contribution >= 4 is 39.8 Å². The highest BCUT2D eigenvalue weighted by molar-refractivity contribution is 6.30. The van der Waals surface area contributed by atoms with Crippen molar-refractivity contribution in [3.05, 3.63) is 83.5 Å². The zero-order valence-corrected chi connectivity index (χ0v) is 16.5. The summed E-state index contributed by atoms with van der Waals surface area (Å²) in [5.74, 6) is -0.463. The molecule has 0 radical (unpaired) electrons. The number of fused-ring (bicyclic) bond motifs is 1. The second kappa shape index (κ2) is 8.29. The van der Waals surface area contributed by atoms with Gasteiger partial charge in [0.05, 0.1) is 12.3 Å². The van der Waals surface area contributed by atoms with Gasteiger partial charge in [-0.25, -0.2) is 4.79 Å². The number of azo groups is 1. The molecular weight excluding hydrogens is 386 g/mol. The van der Waals surface area contributed by atoms with Gasteiger partial charge >= 0.3 is 5.97 Å². The van der Waals surface area contributed by atoms with Gasteiger partial charge < -0.3 is 9.72 Å². The van der Waals surface area contributed by atoms with E-state index in [1.165, 1.54) is 0 Å². The van der Waals surface area contributed by atoms with Crippen LogP contribution in [-0.4, -0.2) is 17.6 Å². The van der Waals surface area contributed by atoms with Crippen LogP contribution in [0.3, 0.4) is 0 Å². The van der Waals surface area contributed by atoms with Gasteiger partial charge in [-0.2, -0.15) is 5.11 Å². The van der Waals surface area contributed by atoms with Gasteiger partial charge in [0.15, 0.2) is 5.69 Å². The van der Waals surface area contributed by atoms with Gasteiger partial charge in [0.1, 0.15) is 5.69 Å². The topological polar surface area (TPSA) is 66.8 Å². The molecule has 0 aliphatic rings. The fourth-order valence-corrected chi connectivity index (χ4v) is 3.28. The molecule has 1 heterocycles. The Morgan fingerprint density at radius 3 is 2.52 bits per heavy atom. The number of carbonyl (C=O) groups is 1. The molecule has 0 saturated carbocycles. The predicted molar refractivity (Wildman–Crippen MR) is 115 cm³/mol. The fourth-order valence-electron chi connectivity index (χ4n) is 3.09. The first-order chi connectivity index (χ1) is 14.2. The summed E-state index contributed by atoms with van der Waals surface area (Å²) in [6.07, 6.45) is 0. The molecule has 0 saturated heterocycles. The van der Waals surface area contributed by atoms with Crippen molar-refractivity contribution in [2.45, 2.75) is 6.92 Å². The second-order valence-corrected chi connectivity index (χ2v) is 6.81. The van der Waals surface area contributed by atoms with Gasteiger partial charge in [0.2, 0.25) is 0 Å². The molecule has 4 aromatic rings. The van der Waals surface area contributed by atoms with Gasteiger partial charge in [-0.05, 0) is 54.4 Å². The molecule has 3 aromatic carbocycles. The Morgan fingerprint density at radius 2 is 1.76 bits per heavy atom. The lowest BCUT2D eigenvalue weighted by Gasteiger charge is -2.02. The number of ether oxygens (including phenoxy) is 1. The maximum atomic E-state index is 12.5. The van der Waals surface area contributed by atoms with Crippen LogP contribution in [0.5, 0.6) is 0 Å². The first kappa shape index (κ1) is 18.9. The Morgan fingerprint density at radius 1 is 0.966 bits per heavy atom. The monoisotopic (exact) mass is 403 g/mol. The SMILES string of the molecule is CCOC(=O)c1[nH]c2cc(-c3cccc(Cl)c3)ccc2c1N=Nc1ccccc1. The van der Waals surface area contributed by atoms with E-state index in [0.717, 1.165) is 22.0 Å². The number of H-pyrrole nitrogens is 1. The van der Waals surface area contributed by atoms with E-state index in [2.05, 4.69) is 15.2 Å². The molecule has 1 N–H and O–H groups in total. The van der Waals surface area contributed by atoms with E-state index in [1.54, 1.807) is 6.92 Å². The number of nitrogens with one attached hydrogen (secondary N) is 1. The van der Waals surface area contributed by atoms with E-state index < -0.39 is 5.97 Å².